The highest BCUT2D eigenvalue weighted by Gasteiger charge is 2.24. The fourth-order valence-electron chi connectivity index (χ4n) is 9.87. The number of aromatic hydroxyl groups is 1. The van der Waals surface area contributed by atoms with Gasteiger partial charge in [0.25, 0.3) is 35.4 Å². The SMILES string of the molecule is CN(C)CCCNC(=O)CCNC(=O)c1cc(NC(=O)c2cc(NC(=O)c3ccc4nc(-c5nc(NC(=O)CCCNC(=O)c6cc(NC(=O)c7ccc8nc(-c9nc(NC(=O)c%10nccn%10C)cn9C)[nH]c8c7)cn6C)cn5C)[nH]c4c3O)cn2C)cn1C. The molecule has 0 saturated heterocycles. The van der Waals surface area contributed by atoms with Crippen LogP contribution in [0.4, 0.5) is 28.7 Å². The number of aromatic nitrogens is 13. The van der Waals surface area contributed by atoms with Crippen molar-refractivity contribution >= 4 is 98.0 Å². The topological polar surface area (TPSA) is 382 Å². The summed E-state index contributed by atoms with van der Waals surface area (Å²) >= 11 is 0. The first-order chi connectivity index (χ1) is 43.0. The molecule has 0 aliphatic rings. The summed E-state index contributed by atoms with van der Waals surface area (Å²) in [5.74, 6) is -1.66. The Balaban J connectivity index is 0.671. The van der Waals surface area contributed by atoms with E-state index >= 15 is 0 Å². The third-order valence-corrected chi connectivity index (χ3v) is 14.4. The zero-order chi connectivity index (χ0) is 64.1. The molecule has 8 aromatic heterocycles. The summed E-state index contributed by atoms with van der Waals surface area (Å²) in [6.45, 7) is 1.68. The van der Waals surface area contributed by atoms with Crippen molar-refractivity contribution in [1.82, 2.24) is 83.1 Å². The Morgan fingerprint density at radius 1 is 0.511 bits per heavy atom. The molecule has 0 atom stereocenters. The van der Waals surface area contributed by atoms with Crippen LogP contribution in [0.5, 0.6) is 5.75 Å². The van der Waals surface area contributed by atoms with Crippen molar-refractivity contribution in [2.24, 2.45) is 42.3 Å². The lowest BCUT2D eigenvalue weighted by Gasteiger charge is -2.10. The molecule has 0 bridgehead atoms. The number of phenolic OH excluding ortho intramolecular Hbond substituents is 1. The molecular weight excluding hydrogens is 1160 g/mol. The molecule has 0 spiro atoms. The Morgan fingerprint density at radius 3 is 1.69 bits per heavy atom. The summed E-state index contributed by atoms with van der Waals surface area (Å²) in [4.78, 5) is 135. The van der Waals surface area contributed by atoms with Crippen LogP contribution >= 0.6 is 0 Å². The summed E-state index contributed by atoms with van der Waals surface area (Å²) < 4.78 is 9.55. The standard InChI is InChI=1S/C59H66N22O9/c1-75(2)21-10-18-60-45(82)16-19-63-57(88)41-25-35(29-78(41)5)66-58(89)42-26-34(28-79(42)6)65-55(86)36-13-15-38-47(48(36)84)74-50(68-38)52-71-43(30-80(52)7)70-46(83)11-9-17-62-56(87)40-24-33(27-77(40)4)64-54(85)32-12-14-37-39(23-32)69-49(67-37)51-72-44(31-81(51)8)73-59(90)53-61-20-22-76(53)3/h12-15,20,22-31,84H,9-11,16-19,21H2,1-8H3,(H,60,82)(H,62,87)(H,63,88)(H,64,85)(H,65,86)(H,66,89)(H,67,69)(H,68,74)(H,70,83)(H,73,90). The Hall–Kier alpha value is -11.6. The lowest BCUT2D eigenvalue weighted by molar-refractivity contribution is -0.121. The van der Waals surface area contributed by atoms with Crippen LogP contribution in [0.3, 0.4) is 0 Å². The van der Waals surface area contributed by atoms with Crippen LogP contribution in [0.25, 0.3) is 45.4 Å². The van der Waals surface area contributed by atoms with Crippen LogP contribution in [-0.2, 0) is 51.9 Å². The number of amides is 8. The third kappa shape index (κ3) is 13.9. The van der Waals surface area contributed by atoms with Crippen LogP contribution in [0.1, 0.15) is 88.5 Å². The maximum absolute atomic E-state index is 13.6. The predicted octanol–water partition coefficient (Wildman–Crippen LogP) is 4.04. The molecule has 10 rings (SSSR count). The fourth-order valence-corrected chi connectivity index (χ4v) is 9.87. The predicted molar refractivity (Wildman–Crippen MR) is 333 cm³/mol. The lowest BCUT2D eigenvalue weighted by Crippen LogP contribution is -2.32. The molecule has 0 radical (unpaired) electrons. The summed E-state index contributed by atoms with van der Waals surface area (Å²) in [6, 6.07) is 12.4. The van der Waals surface area contributed by atoms with Gasteiger partial charge in [0.15, 0.2) is 46.5 Å². The third-order valence-electron chi connectivity index (χ3n) is 14.4. The van der Waals surface area contributed by atoms with Gasteiger partial charge in [-0.25, -0.2) is 24.9 Å². The number of benzene rings is 2. The van der Waals surface area contributed by atoms with E-state index in [9.17, 15) is 43.5 Å². The molecule has 0 fully saturated rings. The molecule has 466 valence electrons. The first-order valence-corrected chi connectivity index (χ1v) is 28.3. The van der Waals surface area contributed by atoms with Gasteiger partial charge in [-0.1, -0.05) is 0 Å². The largest absolute Gasteiger partial charge is 0.505 e. The molecule has 10 aromatic rings. The molecular formula is C59H66N22O9. The number of nitrogens with zero attached hydrogens (tertiary/aromatic N) is 12. The minimum Gasteiger partial charge on any atom is -0.505 e. The normalized spacial score (nSPS) is 11.3. The molecule has 2 aromatic carbocycles. The Kier molecular flexibility index (Phi) is 17.9. The van der Waals surface area contributed by atoms with E-state index in [1.54, 1.807) is 126 Å². The monoisotopic (exact) mass is 1230 g/mol. The molecule has 0 saturated carbocycles. The molecule has 31 nitrogen and oxygen atoms in total. The van der Waals surface area contributed by atoms with Crippen molar-refractivity contribution in [2.45, 2.75) is 25.7 Å². The summed E-state index contributed by atoms with van der Waals surface area (Å²) in [5.41, 5.74) is 3.55. The van der Waals surface area contributed by atoms with E-state index in [0.29, 0.717) is 63.3 Å². The number of aryl methyl sites for hydroxylation is 6. The van der Waals surface area contributed by atoms with Gasteiger partial charge in [0, 0.05) is 124 Å². The van der Waals surface area contributed by atoms with Gasteiger partial charge in [0.05, 0.1) is 39.2 Å². The minimum atomic E-state index is -0.677. The van der Waals surface area contributed by atoms with Crippen molar-refractivity contribution in [2.75, 3.05) is 66.9 Å². The first kappa shape index (κ1) is 61.5. The van der Waals surface area contributed by atoms with Crippen LogP contribution < -0.4 is 42.5 Å². The van der Waals surface area contributed by atoms with Crippen molar-refractivity contribution in [3.63, 3.8) is 0 Å². The minimum absolute atomic E-state index is 0.0379. The molecule has 8 heterocycles. The zero-order valence-corrected chi connectivity index (χ0v) is 50.4. The lowest BCUT2D eigenvalue weighted by atomic mass is 10.1. The van der Waals surface area contributed by atoms with Gasteiger partial charge >= 0.3 is 0 Å². The zero-order valence-electron chi connectivity index (χ0n) is 50.4. The van der Waals surface area contributed by atoms with Gasteiger partial charge in [-0.05, 0) is 82.0 Å². The van der Waals surface area contributed by atoms with Crippen molar-refractivity contribution in [1.29, 1.82) is 0 Å². The number of hydrogen-bond donors (Lipinski definition) is 11. The summed E-state index contributed by atoms with van der Waals surface area (Å²) in [6.07, 6.45) is 12.4. The van der Waals surface area contributed by atoms with E-state index in [4.69, 9.17) is 0 Å². The van der Waals surface area contributed by atoms with Gasteiger partial charge in [0.1, 0.15) is 22.6 Å². The number of imidazole rings is 5. The smallest absolute Gasteiger partial charge is 0.292 e. The number of carbonyl (C=O) groups is 8. The van der Waals surface area contributed by atoms with Crippen LogP contribution in [0, 0.1) is 0 Å². The molecule has 0 aliphatic heterocycles. The average Bonchev–Trinajstić information content (AvgIpc) is 1.97. The Morgan fingerprint density at radius 2 is 1.07 bits per heavy atom. The molecule has 8 amide bonds. The van der Waals surface area contributed by atoms with Crippen LogP contribution in [0.15, 0.2) is 91.9 Å². The second kappa shape index (κ2) is 26.1. The van der Waals surface area contributed by atoms with E-state index in [1.807, 2.05) is 19.0 Å². The van der Waals surface area contributed by atoms with Crippen LogP contribution in [-0.4, -0.2) is 160 Å². The van der Waals surface area contributed by atoms with Gasteiger partial charge < -0.3 is 89.9 Å². The van der Waals surface area contributed by atoms with Gasteiger partial charge in [-0.3, -0.25) is 38.4 Å². The maximum atomic E-state index is 13.6. The second-order valence-corrected chi connectivity index (χ2v) is 21.7. The number of nitrogens with one attached hydrogen (secondary N) is 10. The highest BCUT2D eigenvalue weighted by molar-refractivity contribution is 6.11. The van der Waals surface area contributed by atoms with E-state index in [0.717, 1.165) is 13.0 Å². The van der Waals surface area contributed by atoms with E-state index < -0.39 is 41.2 Å². The molecule has 90 heavy (non-hydrogen) atoms. The molecule has 0 unspecified atom stereocenters. The van der Waals surface area contributed by atoms with Gasteiger partial charge in [-0.2, -0.15) is 0 Å². The van der Waals surface area contributed by atoms with Crippen molar-refractivity contribution in [3.8, 4) is 29.0 Å². The highest BCUT2D eigenvalue weighted by Crippen LogP contribution is 2.31. The fraction of sp³-hybridized carbons (Fsp3) is 0.271. The van der Waals surface area contributed by atoms with Gasteiger partial charge in [-0.15, -0.1) is 0 Å². The van der Waals surface area contributed by atoms with E-state index in [1.165, 1.54) is 35.2 Å². The number of aromatic amines is 2. The number of hydrogen-bond acceptors (Lipinski definition) is 15. The number of phenols is 1. The van der Waals surface area contributed by atoms with E-state index in [-0.39, 0.29) is 95.5 Å². The van der Waals surface area contributed by atoms with Gasteiger partial charge in [0.2, 0.25) is 11.8 Å². The summed E-state index contributed by atoms with van der Waals surface area (Å²) in [5, 5.41) is 33.6. The quantitative estimate of drug-likeness (QED) is 0.0380. The average molecular weight is 1230 g/mol. The summed E-state index contributed by atoms with van der Waals surface area (Å²) in [7, 11) is 14.0. The van der Waals surface area contributed by atoms with Crippen LogP contribution in [0.2, 0.25) is 0 Å². The number of anilines is 5. The highest BCUT2D eigenvalue weighted by atomic mass is 16.3. The Bertz CT molecular complexity index is 4430. The first-order valence-electron chi connectivity index (χ1n) is 28.3. The second-order valence-electron chi connectivity index (χ2n) is 21.7. The molecule has 31 heteroatoms. The molecule has 0 aliphatic carbocycles. The van der Waals surface area contributed by atoms with Crippen molar-refractivity contribution in [3.05, 3.63) is 126 Å². The van der Waals surface area contributed by atoms with E-state index in [2.05, 4.69) is 77.4 Å². The molecule has 11 N–H and O–H groups in total. The Labute approximate surface area is 512 Å². The number of fused-ring (bicyclic) bond motifs is 2. The number of rotatable bonds is 24. The number of H-pyrrole nitrogens is 2. The van der Waals surface area contributed by atoms with Crippen molar-refractivity contribution < 1.29 is 43.5 Å². The number of carbonyl (C=O) groups excluding carboxylic acids is 8. The maximum Gasteiger partial charge on any atom is 0.292 e.